The van der Waals surface area contributed by atoms with Crippen LogP contribution in [0.3, 0.4) is 0 Å². The molecule has 52 valence electrons. The van der Waals surface area contributed by atoms with Gasteiger partial charge in [-0.15, -0.1) is 0 Å². The number of aliphatic imine (C=N–C) groups is 1. The maximum atomic E-state index is 6.65. The predicted octanol–water partition coefficient (Wildman–Crippen LogP) is 1.96. The first kappa shape index (κ1) is 8.56. The van der Waals surface area contributed by atoms with E-state index >= 15 is 0 Å². The topological polar surface area (TPSA) is 36.2 Å². The van der Waals surface area contributed by atoms with Crippen molar-refractivity contribution in [3.63, 3.8) is 0 Å². The van der Waals surface area contributed by atoms with E-state index in [-0.39, 0.29) is 0 Å². The van der Waals surface area contributed by atoms with Crippen LogP contribution in [0.2, 0.25) is 0 Å². The number of hydrogen-bond donors (Lipinski definition) is 1. The van der Waals surface area contributed by atoms with Crippen molar-refractivity contribution in [2.75, 3.05) is 0 Å². The third kappa shape index (κ3) is 3.55. The van der Waals surface area contributed by atoms with E-state index in [1.807, 2.05) is 0 Å². The molecule has 2 heteroatoms. The highest BCUT2D eigenvalue weighted by Gasteiger charge is 1.79. The molecule has 0 aromatic rings. The van der Waals surface area contributed by atoms with Gasteiger partial charge in [-0.2, -0.15) is 0 Å². The molecule has 10 heavy (non-hydrogen) atoms. The molecule has 0 heterocycles. The minimum atomic E-state index is 0.662. The van der Waals surface area contributed by atoms with Crippen molar-refractivity contribution in [2.24, 2.45) is 4.99 Å². The number of nitrogens with one attached hydrogen (secondary N) is 1. The molecule has 0 radical (unpaired) electrons. The van der Waals surface area contributed by atoms with Gasteiger partial charge in [-0.05, 0) is 12.2 Å². The number of allylic oxidation sites excluding steroid dienone is 4. The normalized spacial score (nSPS) is 11.4. The summed E-state index contributed by atoms with van der Waals surface area (Å²) in [6.07, 6.45) is 7.66. The van der Waals surface area contributed by atoms with Gasteiger partial charge in [-0.25, -0.2) is 4.99 Å². The van der Waals surface area contributed by atoms with Crippen LogP contribution in [0, 0.1) is 5.41 Å². The van der Waals surface area contributed by atoms with Gasteiger partial charge in [-0.1, -0.05) is 25.3 Å². The molecule has 1 N–H and O–H groups in total. The summed E-state index contributed by atoms with van der Waals surface area (Å²) >= 11 is 0. The monoisotopic (exact) mass is 134 g/mol. The molecule has 0 aromatic heterocycles. The molecule has 0 unspecified atom stereocenters. The van der Waals surface area contributed by atoms with Gasteiger partial charge in [0.25, 0.3) is 0 Å². The van der Waals surface area contributed by atoms with Crippen LogP contribution in [-0.4, -0.2) is 12.1 Å². The molecule has 0 saturated carbocycles. The van der Waals surface area contributed by atoms with Gasteiger partial charge in [0.05, 0.1) is 5.71 Å². The molecule has 0 atom stereocenters. The maximum absolute atomic E-state index is 6.65. The van der Waals surface area contributed by atoms with E-state index in [0.29, 0.717) is 5.71 Å². The van der Waals surface area contributed by atoms with Crippen LogP contribution < -0.4 is 0 Å². The van der Waals surface area contributed by atoms with Crippen LogP contribution in [0.5, 0.6) is 0 Å². The molecule has 0 aliphatic carbocycles. The molecule has 0 fully saturated rings. The third-order valence-electron chi connectivity index (χ3n) is 0.826. The Morgan fingerprint density at radius 2 is 2.10 bits per heavy atom. The largest absolute Gasteiger partial charge is 0.290 e. The average Bonchev–Trinajstić information content (AvgIpc) is 1.98. The fourth-order valence-corrected chi connectivity index (χ4v) is 0.405. The Balaban J connectivity index is 4.20. The molecule has 2 nitrogen and oxygen atoms in total. The Labute approximate surface area is 60.8 Å². The van der Waals surface area contributed by atoms with E-state index in [2.05, 4.69) is 18.2 Å². The molecule has 0 rings (SSSR count). The van der Waals surface area contributed by atoms with Crippen LogP contribution in [-0.2, 0) is 0 Å². The zero-order chi connectivity index (χ0) is 7.82. The van der Waals surface area contributed by atoms with Crippen molar-refractivity contribution in [3.05, 3.63) is 37.5 Å². The number of nitrogens with zero attached hydrogens (tertiary/aromatic N) is 1. The summed E-state index contributed by atoms with van der Waals surface area (Å²) in [7, 11) is 0. The summed E-state index contributed by atoms with van der Waals surface area (Å²) in [5.41, 5.74) is 0.662. The van der Waals surface area contributed by atoms with Crippen molar-refractivity contribution in [1.82, 2.24) is 0 Å². The summed E-state index contributed by atoms with van der Waals surface area (Å²) in [4.78, 5) is 3.69. The molecule has 0 aromatic carbocycles. The predicted molar refractivity (Wildman–Crippen MR) is 45.8 cm³/mol. The summed E-state index contributed by atoms with van der Waals surface area (Å²) in [6, 6.07) is 0. The molecule has 0 bridgehead atoms. The fourth-order valence-electron chi connectivity index (χ4n) is 0.405. The molecule has 0 aliphatic rings. The Morgan fingerprint density at radius 3 is 2.50 bits per heavy atom. The van der Waals surface area contributed by atoms with Crippen molar-refractivity contribution in [1.29, 1.82) is 5.41 Å². The van der Waals surface area contributed by atoms with Crippen molar-refractivity contribution >= 4 is 12.1 Å². The Morgan fingerprint density at radius 1 is 1.40 bits per heavy atom. The van der Waals surface area contributed by atoms with E-state index in [9.17, 15) is 0 Å². The highest BCUT2D eigenvalue weighted by Crippen LogP contribution is 1.82. The molecule has 0 saturated heterocycles. The lowest BCUT2D eigenvalue weighted by atomic mass is 10.3. The standard InChI is InChI=1S/C8H10N2/c1-3-5-6-8(4-2)10-7-9/h3-7,9H,1-2H2/b6-5+,9-7?,10-8?. The van der Waals surface area contributed by atoms with E-state index in [4.69, 9.17) is 5.41 Å². The van der Waals surface area contributed by atoms with E-state index < -0.39 is 0 Å². The van der Waals surface area contributed by atoms with Crippen LogP contribution >= 0.6 is 0 Å². The lowest BCUT2D eigenvalue weighted by Crippen LogP contribution is -1.85. The van der Waals surface area contributed by atoms with Gasteiger partial charge in [-0.3, -0.25) is 5.41 Å². The SMILES string of the molecule is C=C/C=C/C(C=C)=NC=N. The highest BCUT2D eigenvalue weighted by molar-refractivity contribution is 6.06. The smallest absolute Gasteiger partial charge is 0.107 e. The van der Waals surface area contributed by atoms with Crippen LogP contribution in [0.4, 0.5) is 0 Å². The second-order valence-corrected chi connectivity index (χ2v) is 1.48. The van der Waals surface area contributed by atoms with Gasteiger partial charge in [0.15, 0.2) is 0 Å². The van der Waals surface area contributed by atoms with Crippen molar-refractivity contribution in [2.45, 2.75) is 0 Å². The molecule has 0 spiro atoms. The second kappa shape index (κ2) is 5.69. The first-order valence-corrected chi connectivity index (χ1v) is 2.83. The minimum Gasteiger partial charge on any atom is -0.290 e. The highest BCUT2D eigenvalue weighted by atomic mass is 14.8. The molecular weight excluding hydrogens is 124 g/mol. The number of rotatable bonds is 4. The van der Waals surface area contributed by atoms with Gasteiger partial charge in [0.1, 0.15) is 6.34 Å². The van der Waals surface area contributed by atoms with Gasteiger partial charge < -0.3 is 0 Å². The quantitative estimate of drug-likeness (QED) is 0.346. The van der Waals surface area contributed by atoms with Gasteiger partial charge >= 0.3 is 0 Å². The Bertz CT molecular complexity index is 187. The van der Waals surface area contributed by atoms with Crippen molar-refractivity contribution < 1.29 is 0 Å². The van der Waals surface area contributed by atoms with E-state index in [0.717, 1.165) is 6.34 Å². The third-order valence-corrected chi connectivity index (χ3v) is 0.826. The Kier molecular flexibility index (Phi) is 4.87. The molecule has 0 amide bonds. The second-order valence-electron chi connectivity index (χ2n) is 1.48. The summed E-state index contributed by atoms with van der Waals surface area (Å²) in [5.74, 6) is 0. The zero-order valence-electron chi connectivity index (χ0n) is 5.75. The van der Waals surface area contributed by atoms with Crippen molar-refractivity contribution in [3.8, 4) is 0 Å². The average molecular weight is 134 g/mol. The lowest BCUT2D eigenvalue weighted by Gasteiger charge is -1.84. The van der Waals surface area contributed by atoms with Crippen LogP contribution in [0.25, 0.3) is 0 Å². The number of hydrogen-bond acceptors (Lipinski definition) is 1. The van der Waals surface area contributed by atoms with Gasteiger partial charge in [0.2, 0.25) is 0 Å². The molecular formula is C8H10N2. The lowest BCUT2D eigenvalue weighted by molar-refractivity contribution is 1.51. The van der Waals surface area contributed by atoms with Gasteiger partial charge in [0, 0.05) is 0 Å². The van der Waals surface area contributed by atoms with E-state index in [1.165, 1.54) is 0 Å². The summed E-state index contributed by atoms with van der Waals surface area (Å²) < 4.78 is 0. The first-order valence-electron chi connectivity index (χ1n) is 2.83. The van der Waals surface area contributed by atoms with Crippen LogP contribution in [0.15, 0.2) is 42.5 Å². The summed E-state index contributed by atoms with van der Waals surface area (Å²) in [5, 5.41) is 6.65. The summed E-state index contributed by atoms with van der Waals surface area (Å²) in [6.45, 7) is 7.01. The first-order chi connectivity index (χ1) is 4.85. The van der Waals surface area contributed by atoms with E-state index in [1.54, 1.807) is 24.3 Å². The Hall–Kier alpha value is -1.44. The zero-order valence-corrected chi connectivity index (χ0v) is 5.75. The van der Waals surface area contributed by atoms with Crippen LogP contribution in [0.1, 0.15) is 0 Å². The maximum Gasteiger partial charge on any atom is 0.107 e. The fraction of sp³-hybridized carbons (Fsp3) is 0. The molecule has 0 aliphatic heterocycles. The minimum absolute atomic E-state index is 0.662.